The highest BCUT2D eigenvalue weighted by molar-refractivity contribution is 6.34. The molecule has 0 aliphatic carbocycles. The maximum atomic E-state index is 13.2. The number of nitrogens with zero attached hydrogens (tertiary/aromatic N) is 5. The van der Waals surface area contributed by atoms with Crippen LogP contribution in [0.25, 0.3) is 16.9 Å². The summed E-state index contributed by atoms with van der Waals surface area (Å²) >= 11 is 6.24. The number of amides is 1. The van der Waals surface area contributed by atoms with E-state index in [1.165, 1.54) is 34.1 Å². The van der Waals surface area contributed by atoms with Crippen LogP contribution < -0.4 is 5.32 Å². The number of aromatic amines is 1. The van der Waals surface area contributed by atoms with Gasteiger partial charge in [0, 0.05) is 38.4 Å². The highest BCUT2D eigenvalue weighted by Gasteiger charge is 2.37. The Morgan fingerprint density at radius 1 is 1.26 bits per heavy atom. The number of H-pyrrole nitrogens is 1. The lowest BCUT2D eigenvalue weighted by atomic mass is 10.2. The minimum atomic E-state index is -4.61. The molecule has 4 aromatic rings. The third-order valence-electron chi connectivity index (χ3n) is 4.48. The second-order valence-electron chi connectivity index (χ2n) is 6.78. The third kappa shape index (κ3) is 3.79. The molecule has 1 amide bonds. The molecule has 0 aliphatic rings. The molecule has 2 N–H and O–H groups in total. The van der Waals surface area contributed by atoms with Gasteiger partial charge in [0.2, 0.25) is 0 Å². The summed E-state index contributed by atoms with van der Waals surface area (Å²) in [6.07, 6.45) is 0.797. The Balaban J connectivity index is 1.71. The number of fused-ring (bicyclic) bond motifs is 1. The molecule has 0 spiro atoms. The van der Waals surface area contributed by atoms with E-state index in [1.54, 1.807) is 32.3 Å². The topological polar surface area (TPSA) is 91.2 Å². The van der Waals surface area contributed by atoms with Gasteiger partial charge in [0.25, 0.3) is 5.91 Å². The van der Waals surface area contributed by atoms with Crippen molar-refractivity contribution in [2.24, 2.45) is 0 Å². The normalized spacial score (nSPS) is 11.7. The predicted octanol–water partition coefficient (Wildman–Crippen LogP) is 4.24. The van der Waals surface area contributed by atoms with Crippen LogP contribution in [0.3, 0.4) is 0 Å². The van der Waals surface area contributed by atoms with Gasteiger partial charge in [-0.3, -0.25) is 14.3 Å². The van der Waals surface area contributed by atoms with Crippen LogP contribution in [-0.4, -0.2) is 49.5 Å². The molecule has 1 aromatic carbocycles. The van der Waals surface area contributed by atoms with Gasteiger partial charge in [-0.15, -0.1) is 0 Å². The van der Waals surface area contributed by atoms with Gasteiger partial charge >= 0.3 is 6.18 Å². The number of halogens is 4. The first-order valence-corrected chi connectivity index (χ1v) is 9.26. The van der Waals surface area contributed by atoms with Gasteiger partial charge in [-0.25, -0.2) is 9.97 Å². The molecule has 0 aliphatic heterocycles. The third-order valence-corrected chi connectivity index (χ3v) is 4.79. The van der Waals surface area contributed by atoms with E-state index in [1.807, 2.05) is 0 Å². The number of hydrogen-bond donors (Lipinski definition) is 2. The van der Waals surface area contributed by atoms with Crippen LogP contribution in [-0.2, 0) is 6.18 Å². The second kappa shape index (κ2) is 7.58. The monoisotopic (exact) mass is 449 g/mol. The number of rotatable bonds is 4. The maximum Gasteiger partial charge on any atom is 0.435 e. The zero-order chi connectivity index (χ0) is 22.3. The van der Waals surface area contributed by atoms with Gasteiger partial charge < -0.3 is 10.2 Å². The molecule has 0 radical (unpaired) electrons. The van der Waals surface area contributed by atoms with E-state index in [0.717, 1.165) is 0 Å². The van der Waals surface area contributed by atoms with Crippen molar-refractivity contribution < 1.29 is 18.0 Å². The van der Waals surface area contributed by atoms with Gasteiger partial charge in [-0.1, -0.05) is 11.6 Å². The summed E-state index contributed by atoms with van der Waals surface area (Å²) in [4.78, 5) is 22.0. The number of carbonyl (C=O) groups is 1. The number of alkyl halides is 3. The van der Waals surface area contributed by atoms with E-state index in [4.69, 9.17) is 11.6 Å². The first-order chi connectivity index (χ1) is 14.7. The Labute approximate surface area is 178 Å². The van der Waals surface area contributed by atoms with Crippen LogP contribution in [0.4, 0.5) is 24.7 Å². The predicted molar refractivity (Wildman–Crippen MR) is 108 cm³/mol. The second-order valence-corrected chi connectivity index (χ2v) is 7.18. The van der Waals surface area contributed by atoms with Crippen LogP contribution in [0.15, 0.2) is 43.0 Å². The van der Waals surface area contributed by atoms with Crippen molar-refractivity contribution >= 4 is 34.7 Å². The van der Waals surface area contributed by atoms with Gasteiger partial charge in [0.1, 0.15) is 0 Å². The van der Waals surface area contributed by atoms with Gasteiger partial charge in [0.15, 0.2) is 17.2 Å². The van der Waals surface area contributed by atoms with Crippen molar-refractivity contribution in [1.29, 1.82) is 0 Å². The minimum absolute atomic E-state index is 0.133. The number of benzene rings is 1. The largest absolute Gasteiger partial charge is 0.435 e. The van der Waals surface area contributed by atoms with Crippen LogP contribution in [0.2, 0.25) is 5.02 Å². The lowest BCUT2D eigenvalue weighted by Crippen LogP contribution is -2.21. The van der Waals surface area contributed by atoms with E-state index in [2.05, 4.69) is 25.5 Å². The molecule has 4 rings (SSSR count). The van der Waals surface area contributed by atoms with E-state index in [9.17, 15) is 18.0 Å². The first-order valence-electron chi connectivity index (χ1n) is 8.88. The highest BCUT2D eigenvalue weighted by Crippen LogP contribution is 2.36. The molecule has 3 heterocycles. The summed E-state index contributed by atoms with van der Waals surface area (Å²) in [5.41, 5.74) is 0.207. The number of carbonyl (C=O) groups excluding carboxylic acids is 1. The van der Waals surface area contributed by atoms with E-state index in [-0.39, 0.29) is 22.2 Å². The average Bonchev–Trinajstić information content (AvgIpc) is 3.34. The molecule has 12 heteroatoms. The summed E-state index contributed by atoms with van der Waals surface area (Å²) in [6, 6.07) is 4.78. The van der Waals surface area contributed by atoms with Gasteiger partial charge in [-0.05, 0) is 18.2 Å². The molecular weight excluding hydrogens is 435 g/mol. The fourth-order valence-electron chi connectivity index (χ4n) is 3.05. The van der Waals surface area contributed by atoms with Crippen molar-refractivity contribution in [2.75, 3.05) is 19.4 Å². The maximum absolute atomic E-state index is 13.2. The summed E-state index contributed by atoms with van der Waals surface area (Å²) < 4.78 is 41.2. The summed E-state index contributed by atoms with van der Waals surface area (Å²) in [6.45, 7) is 0. The Morgan fingerprint density at radius 2 is 2.03 bits per heavy atom. The first kappa shape index (κ1) is 20.7. The minimum Gasteiger partial charge on any atom is -0.345 e. The van der Waals surface area contributed by atoms with E-state index >= 15 is 0 Å². The quantitative estimate of drug-likeness (QED) is 0.486. The molecule has 0 fully saturated rings. The Bertz CT molecular complexity index is 1280. The smallest absolute Gasteiger partial charge is 0.345 e. The summed E-state index contributed by atoms with van der Waals surface area (Å²) in [7, 11) is 3.24. The Hall–Kier alpha value is -3.60. The molecule has 160 valence electrons. The lowest BCUT2D eigenvalue weighted by molar-refractivity contribution is -0.140. The summed E-state index contributed by atoms with van der Waals surface area (Å²) in [5.74, 6) is 0.0591. The van der Waals surface area contributed by atoms with Crippen molar-refractivity contribution in [3.8, 4) is 11.3 Å². The number of hydrogen-bond acceptors (Lipinski definition) is 5. The Morgan fingerprint density at radius 3 is 2.71 bits per heavy atom. The molecule has 8 nitrogen and oxygen atoms in total. The molecule has 0 atom stereocenters. The fourth-order valence-corrected chi connectivity index (χ4v) is 3.31. The van der Waals surface area contributed by atoms with Crippen molar-refractivity contribution in [3.63, 3.8) is 0 Å². The van der Waals surface area contributed by atoms with E-state index in [0.29, 0.717) is 22.7 Å². The van der Waals surface area contributed by atoms with Crippen LogP contribution in [0.1, 0.15) is 16.1 Å². The molecule has 3 aromatic heterocycles. The number of aromatic nitrogens is 5. The van der Waals surface area contributed by atoms with Gasteiger partial charge in [0.05, 0.1) is 28.0 Å². The summed E-state index contributed by atoms with van der Waals surface area (Å²) in [5, 5.41) is 8.85. The number of nitrogens with one attached hydrogen (secondary N) is 2. The van der Waals surface area contributed by atoms with Crippen LogP contribution in [0, 0.1) is 0 Å². The standard InChI is InChI=1S/C19H15ClF3N7O/c1-29(2)18(31)11-4-3-10(7-13(11)20)27-16-17-25-9-14(30(17)6-5-24-16)12-8-26-28-15(12)19(21,22)23/h3-9H,1-2H3,(H,24,27)(H,26,28). The fraction of sp³-hybridized carbons (Fsp3) is 0.158. The molecule has 0 saturated carbocycles. The van der Waals surface area contributed by atoms with Crippen LogP contribution >= 0.6 is 11.6 Å². The van der Waals surface area contributed by atoms with Crippen molar-refractivity contribution in [1.82, 2.24) is 29.5 Å². The molecular formula is C19H15ClF3N7O. The van der Waals surface area contributed by atoms with E-state index < -0.39 is 11.9 Å². The molecule has 0 saturated heterocycles. The lowest BCUT2D eigenvalue weighted by Gasteiger charge is -2.13. The van der Waals surface area contributed by atoms with Crippen molar-refractivity contribution in [2.45, 2.75) is 6.18 Å². The highest BCUT2D eigenvalue weighted by atomic mass is 35.5. The zero-order valence-corrected chi connectivity index (χ0v) is 17.0. The van der Waals surface area contributed by atoms with Gasteiger partial charge in [-0.2, -0.15) is 18.3 Å². The van der Waals surface area contributed by atoms with Crippen LogP contribution in [0.5, 0.6) is 0 Å². The SMILES string of the molecule is CN(C)C(=O)c1ccc(Nc2nccn3c(-c4c[nH]nc4C(F)(F)F)cnc23)cc1Cl. The van der Waals surface area contributed by atoms with Crippen molar-refractivity contribution in [3.05, 3.63) is 59.3 Å². The Kier molecular flexibility index (Phi) is 5.05. The average molecular weight is 450 g/mol. The molecule has 0 bridgehead atoms. The number of imidazole rings is 1. The zero-order valence-electron chi connectivity index (χ0n) is 16.2. The number of anilines is 2. The molecule has 0 unspecified atom stereocenters. The molecule has 31 heavy (non-hydrogen) atoms.